The Labute approximate surface area is 84.3 Å². The summed E-state index contributed by atoms with van der Waals surface area (Å²) in [6.45, 7) is 0.991. The minimum Gasteiger partial charge on any atom is -0.349 e. The third kappa shape index (κ3) is 2.56. The minimum absolute atomic E-state index is 0.413. The number of hydrogen-bond acceptors (Lipinski definition) is 3. The summed E-state index contributed by atoms with van der Waals surface area (Å²) in [6.07, 6.45) is 8.14. The third-order valence-corrected chi connectivity index (χ3v) is 2.82. The fourth-order valence-corrected chi connectivity index (χ4v) is 2.03. The topological polar surface area (TPSA) is 66.7 Å². The number of hydrogen-bond donors (Lipinski definition) is 3. The maximum Gasteiger partial charge on any atom is 0.107 e. The highest BCUT2D eigenvalue weighted by Gasteiger charge is 2.20. The van der Waals surface area contributed by atoms with Crippen molar-refractivity contribution in [2.75, 3.05) is 6.54 Å². The first-order chi connectivity index (χ1) is 6.84. The molecule has 0 aliphatic heterocycles. The Hall–Kier alpha value is -0.870. The number of aromatic amines is 1. The summed E-state index contributed by atoms with van der Waals surface area (Å²) in [6, 6.07) is 1.04. The monoisotopic (exact) mass is 194 g/mol. The first kappa shape index (κ1) is 9.68. The predicted octanol–water partition coefficient (Wildman–Crippen LogP) is 0.422. The van der Waals surface area contributed by atoms with Gasteiger partial charge in [-0.3, -0.25) is 0 Å². The number of rotatable bonds is 4. The van der Waals surface area contributed by atoms with Crippen molar-refractivity contribution in [1.29, 1.82) is 0 Å². The van der Waals surface area contributed by atoms with Crippen LogP contribution in [0.5, 0.6) is 0 Å². The van der Waals surface area contributed by atoms with Crippen LogP contribution in [0.15, 0.2) is 12.4 Å². The van der Waals surface area contributed by atoms with Gasteiger partial charge in [0, 0.05) is 37.4 Å². The first-order valence-corrected chi connectivity index (χ1v) is 5.32. The molecule has 1 aromatic heterocycles. The molecule has 2 unspecified atom stereocenters. The highest BCUT2D eigenvalue weighted by atomic mass is 14.9. The number of nitrogens with one attached hydrogen (secondary N) is 2. The van der Waals surface area contributed by atoms with Crippen molar-refractivity contribution in [3.8, 4) is 0 Å². The standard InChI is InChI=1S/C10H18N4/c11-8-1-2-9(7-8)12-4-3-10-13-5-6-14-10/h5-6,8-9,12H,1-4,7,11H2,(H,13,14). The van der Waals surface area contributed by atoms with Crippen molar-refractivity contribution in [3.05, 3.63) is 18.2 Å². The van der Waals surface area contributed by atoms with Crippen LogP contribution in [0.2, 0.25) is 0 Å². The van der Waals surface area contributed by atoms with Crippen molar-refractivity contribution < 1.29 is 0 Å². The molecule has 1 aliphatic carbocycles. The molecule has 1 saturated carbocycles. The van der Waals surface area contributed by atoms with E-state index in [0.717, 1.165) is 25.2 Å². The van der Waals surface area contributed by atoms with Crippen LogP contribution in [-0.4, -0.2) is 28.6 Å². The molecule has 0 saturated heterocycles. The second-order valence-corrected chi connectivity index (χ2v) is 4.01. The molecule has 0 aromatic carbocycles. The molecule has 1 heterocycles. The van der Waals surface area contributed by atoms with Gasteiger partial charge in [0.25, 0.3) is 0 Å². The van der Waals surface area contributed by atoms with E-state index in [1.54, 1.807) is 6.20 Å². The summed E-state index contributed by atoms with van der Waals surface area (Å²) >= 11 is 0. The Bertz CT molecular complexity index is 257. The van der Waals surface area contributed by atoms with E-state index in [1.165, 1.54) is 12.8 Å². The van der Waals surface area contributed by atoms with E-state index in [-0.39, 0.29) is 0 Å². The lowest BCUT2D eigenvalue weighted by atomic mass is 10.2. The zero-order valence-electron chi connectivity index (χ0n) is 8.37. The lowest BCUT2D eigenvalue weighted by Crippen LogP contribution is -2.30. The van der Waals surface area contributed by atoms with E-state index < -0.39 is 0 Å². The van der Waals surface area contributed by atoms with Gasteiger partial charge in [-0.05, 0) is 19.3 Å². The molecule has 2 atom stereocenters. The number of imidazole rings is 1. The van der Waals surface area contributed by atoms with Crippen LogP contribution in [-0.2, 0) is 6.42 Å². The highest BCUT2D eigenvalue weighted by molar-refractivity contribution is 4.89. The molecule has 0 radical (unpaired) electrons. The third-order valence-electron chi connectivity index (χ3n) is 2.82. The van der Waals surface area contributed by atoms with Crippen LogP contribution in [0.4, 0.5) is 0 Å². The van der Waals surface area contributed by atoms with Gasteiger partial charge in [0.15, 0.2) is 0 Å². The van der Waals surface area contributed by atoms with Gasteiger partial charge in [-0.1, -0.05) is 0 Å². The molecule has 4 nitrogen and oxygen atoms in total. The summed E-state index contributed by atoms with van der Waals surface area (Å²) in [5.41, 5.74) is 5.83. The lowest BCUT2D eigenvalue weighted by molar-refractivity contribution is 0.517. The molecule has 2 rings (SSSR count). The average Bonchev–Trinajstić information content (AvgIpc) is 2.77. The molecule has 4 heteroatoms. The SMILES string of the molecule is NC1CCC(NCCc2ncc[nH]2)C1. The largest absolute Gasteiger partial charge is 0.349 e. The van der Waals surface area contributed by atoms with Gasteiger partial charge in [0.1, 0.15) is 5.82 Å². The Morgan fingerprint density at radius 3 is 3.14 bits per heavy atom. The lowest BCUT2D eigenvalue weighted by Gasteiger charge is -2.10. The zero-order chi connectivity index (χ0) is 9.80. The molecule has 0 bridgehead atoms. The van der Waals surface area contributed by atoms with Crippen molar-refractivity contribution in [2.45, 2.75) is 37.8 Å². The molecule has 14 heavy (non-hydrogen) atoms. The quantitative estimate of drug-likeness (QED) is 0.651. The Kier molecular flexibility index (Phi) is 3.16. The maximum atomic E-state index is 5.83. The molecular weight excluding hydrogens is 176 g/mol. The van der Waals surface area contributed by atoms with Crippen LogP contribution in [0, 0.1) is 0 Å². The van der Waals surface area contributed by atoms with Crippen LogP contribution < -0.4 is 11.1 Å². The molecule has 0 spiro atoms. The Balaban J connectivity index is 1.64. The van der Waals surface area contributed by atoms with E-state index in [2.05, 4.69) is 15.3 Å². The van der Waals surface area contributed by atoms with Crippen LogP contribution >= 0.6 is 0 Å². The van der Waals surface area contributed by atoms with Gasteiger partial charge >= 0.3 is 0 Å². The molecular formula is C10H18N4. The van der Waals surface area contributed by atoms with Gasteiger partial charge in [0.05, 0.1) is 0 Å². The molecule has 78 valence electrons. The van der Waals surface area contributed by atoms with E-state index >= 15 is 0 Å². The smallest absolute Gasteiger partial charge is 0.107 e. The molecule has 4 N–H and O–H groups in total. The summed E-state index contributed by atoms with van der Waals surface area (Å²) in [5, 5.41) is 3.51. The van der Waals surface area contributed by atoms with Gasteiger partial charge in [-0.25, -0.2) is 4.98 Å². The summed E-state index contributed by atoms with van der Waals surface area (Å²) in [4.78, 5) is 7.27. The highest BCUT2D eigenvalue weighted by Crippen LogP contribution is 2.16. The summed E-state index contributed by atoms with van der Waals surface area (Å²) < 4.78 is 0. The van der Waals surface area contributed by atoms with Crippen LogP contribution in [0.1, 0.15) is 25.1 Å². The van der Waals surface area contributed by atoms with Crippen molar-refractivity contribution >= 4 is 0 Å². The first-order valence-electron chi connectivity index (χ1n) is 5.32. The maximum absolute atomic E-state index is 5.83. The normalized spacial score (nSPS) is 26.9. The number of nitrogens with zero attached hydrogens (tertiary/aromatic N) is 1. The van der Waals surface area contributed by atoms with Gasteiger partial charge in [0.2, 0.25) is 0 Å². The molecule has 1 fully saturated rings. The van der Waals surface area contributed by atoms with E-state index in [1.807, 2.05) is 6.20 Å². The van der Waals surface area contributed by atoms with E-state index in [4.69, 9.17) is 5.73 Å². The Morgan fingerprint density at radius 1 is 1.57 bits per heavy atom. The van der Waals surface area contributed by atoms with E-state index in [9.17, 15) is 0 Å². The summed E-state index contributed by atoms with van der Waals surface area (Å²) in [7, 11) is 0. The molecule has 0 amide bonds. The predicted molar refractivity (Wildman–Crippen MR) is 55.9 cm³/mol. The molecule has 1 aliphatic rings. The second-order valence-electron chi connectivity index (χ2n) is 4.01. The van der Waals surface area contributed by atoms with Gasteiger partial charge < -0.3 is 16.0 Å². The van der Waals surface area contributed by atoms with E-state index in [0.29, 0.717) is 12.1 Å². The van der Waals surface area contributed by atoms with Crippen molar-refractivity contribution in [3.63, 3.8) is 0 Å². The fraction of sp³-hybridized carbons (Fsp3) is 0.700. The van der Waals surface area contributed by atoms with Crippen molar-refractivity contribution in [1.82, 2.24) is 15.3 Å². The number of H-pyrrole nitrogens is 1. The number of aromatic nitrogens is 2. The van der Waals surface area contributed by atoms with Gasteiger partial charge in [-0.2, -0.15) is 0 Å². The number of nitrogens with two attached hydrogens (primary N) is 1. The summed E-state index contributed by atoms with van der Waals surface area (Å²) in [5.74, 6) is 1.06. The minimum atomic E-state index is 0.413. The second kappa shape index (κ2) is 4.57. The fourth-order valence-electron chi connectivity index (χ4n) is 2.03. The van der Waals surface area contributed by atoms with Crippen LogP contribution in [0.25, 0.3) is 0 Å². The molecule has 1 aromatic rings. The zero-order valence-corrected chi connectivity index (χ0v) is 8.37. The van der Waals surface area contributed by atoms with Gasteiger partial charge in [-0.15, -0.1) is 0 Å². The Morgan fingerprint density at radius 2 is 2.50 bits per heavy atom. The van der Waals surface area contributed by atoms with Crippen LogP contribution in [0.3, 0.4) is 0 Å². The average molecular weight is 194 g/mol. The van der Waals surface area contributed by atoms with Crippen molar-refractivity contribution in [2.24, 2.45) is 5.73 Å².